The largest absolute Gasteiger partial charge is 0.463 e. The third-order valence-corrected chi connectivity index (χ3v) is 4.96. The highest BCUT2D eigenvalue weighted by Gasteiger charge is 2.24. The predicted molar refractivity (Wildman–Crippen MR) is 112 cm³/mol. The Morgan fingerprint density at radius 3 is 2.60 bits per heavy atom. The average Bonchev–Trinajstić information content (AvgIpc) is 2.74. The first kappa shape index (κ1) is 21.5. The molecule has 2 aromatic carbocycles. The van der Waals surface area contributed by atoms with Crippen LogP contribution in [-0.4, -0.2) is 31.7 Å². The molecule has 1 atom stereocenters. The number of amides is 2. The lowest BCUT2D eigenvalue weighted by Crippen LogP contribution is -2.46. The van der Waals surface area contributed by atoms with Gasteiger partial charge in [-0.2, -0.15) is 0 Å². The Bertz CT molecular complexity index is 941. The third-order valence-electron chi connectivity index (χ3n) is 4.96. The van der Waals surface area contributed by atoms with E-state index in [1.807, 2.05) is 30.3 Å². The van der Waals surface area contributed by atoms with Crippen LogP contribution in [0.15, 0.2) is 59.8 Å². The summed E-state index contributed by atoms with van der Waals surface area (Å²) in [5.74, 6) is -0.803. The van der Waals surface area contributed by atoms with Gasteiger partial charge in [0.25, 0.3) is 0 Å². The molecule has 1 heterocycles. The van der Waals surface area contributed by atoms with Crippen molar-refractivity contribution in [2.75, 3.05) is 19.7 Å². The van der Waals surface area contributed by atoms with Crippen LogP contribution in [0, 0.1) is 5.82 Å². The Balaban J connectivity index is 1.90. The summed E-state index contributed by atoms with van der Waals surface area (Å²) in [4.78, 5) is 24.1. The molecule has 1 aliphatic rings. The first-order chi connectivity index (χ1) is 14.5. The average molecular weight is 411 g/mol. The summed E-state index contributed by atoms with van der Waals surface area (Å²) >= 11 is 0. The van der Waals surface area contributed by atoms with Gasteiger partial charge in [-0.25, -0.2) is 14.0 Å². The van der Waals surface area contributed by atoms with Crippen LogP contribution in [0.25, 0.3) is 0 Å². The highest BCUT2D eigenvalue weighted by atomic mass is 19.1. The van der Waals surface area contributed by atoms with Gasteiger partial charge < -0.3 is 20.7 Å². The third kappa shape index (κ3) is 5.24. The van der Waals surface area contributed by atoms with Gasteiger partial charge in [0.05, 0.1) is 24.8 Å². The van der Waals surface area contributed by atoms with E-state index in [4.69, 9.17) is 4.74 Å². The van der Waals surface area contributed by atoms with Crippen molar-refractivity contribution in [1.82, 2.24) is 16.0 Å². The quantitative estimate of drug-likeness (QED) is 0.583. The molecule has 0 spiro atoms. The van der Waals surface area contributed by atoms with Crippen molar-refractivity contribution in [2.24, 2.45) is 0 Å². The van der Waals surface area contributed by atoms with Crippen LogP contribution in [0.2, 0.25) is 0 Å². The van der Waals surface area contributed by atoms with Gasteiger partial charge in [0.2, 0.25) is 0 Å². The van der Waals surface area contributed by atoms with Crippen molar-refractivity contribution in [2.45, 2.75) is 26.3 Å². The summed E-state index contributed by atoms with van der Waals surface area (Å²) in [6.45, 7) is 4.36. The monoisotopic (exact) mass is 411 g/mol. The molecule has 0 unspecified atom stereocenters. The van der Waals surface area contributed by atoms with Gasteiger partial charge in [0.15, 0.2) is 0 Å². The minimum atomic E-state index is -0.476. The number of esters is 1. The Morgan fingerprint density at radius 2 is 1.93 bits per heavy atom. The molecule has 0 radical (unpaired) electrons. The van der Waals surface area contributed by atoms with Crippen LogP contribution < -0.4 is 16.0 Å². The molecule has 0 saturated carbocycles. The zero-order chi connectivity index (χ0) is 21.5. The standard InChI is InChI=1S/C23H26FN3O3/c1-3-15-8-10-16(11-9-15)21(17-6-5-7-18(24)12-17)25-14-20-19(22(28)30-4-2)13-26-23(29)27-20/h5-12,21,25H,3-4,13-14H2,1-2H3,(H2,26,27,29)/t21-/m0/s1. The number of hydrogen-bond acceptors (Lipinski definition) is 4. The van der Waals surface area contributed by atoms with Crippen molar-refractivity contribution < 1.29 is 18.7 Å². The fraction of sp³-hybridized carbons (Fsp3) is 0.304. The molecule has 30 heavy (non-hydrogen) atoms. The molecule has 2 amide bonds. The van der Waals surface area contributed by atoms with Crippen LogP contribution >= 0.6 is 0 Å². The maximum Gasteiger partial charge on any atom is 0.337 e. The number of carbonyl (C=O) groups is 2. The molecule has 0 aromatic heterocycles. The molecule has 3 rings (SSSR count). The van der Waals surface area contributed by atoms with Gasteiger partial charge in [-0.05, 0) is 42.2 Å². The van der Waals surface area contributed by atoms with E-state index in [0.717, 1.165) is 17.5 Å². The SMILES string of the molecule is CCOC(=O)C1=C(CN[C@@H](c2ccc(CC)cc2)c2cccc(F)c2)NC(=O)NC1. The summed E-state index contributed by atoms with van der Waals surface area (Å²) in [7, 11) is 0. The first-order valence-corrected chi connectivity index (χ1v) is 10.0. The van der Waals surface area contributed by atoms with Crippen molar-refractivity contribution in [1.29, 1.82) is 0 Å². The molecule has 0 saturated heterocycles. The van der Waals surface area contributed by atoms with Crippen LogP contribution in [0.3, 0.4) is 0 Å². The fourth-order valence-corrected chi connectivity index (χ4v) is 3.36. The van der Waals surface area contributed by atoms with Gasteiger partial charge in [-0.1, -0.05) is 43.3 Å². The molecular weight excluding hydrogens is 385 g/mol. The van der Waals surface area contributed by atoms with Crippen molar-refractivity contribution in [3.05, 3.63) is 82.3 Å². The van der Waals surface area contributed by atoms with Crippen LogP contribution in [0.4, 0.5) is 9.18 Å². The van der Waals surface area contributed by atoms with Crippen LogP contribution in [0.5, 0.6) is 0 Å². The number of aryl methyl sites for hydroxylation is 1. The lowest BCUT2D eigenvalue weighted by molar-refractivity contribution is -0.138. The lowest BCUT2D eigenvalue weighted by atomic mass is 9.97. The smallest absolute Gasteiger partial charge is 0.337 e. The van der Waals surface area contributed by atoms with Gasteiger partial charge in [0.1, 0.15) is 5.82 Å². The second-order valence-corrected chi connectivity index (χ2v) is 6.95. The van der Waals surface area contributed by atoms with Gasteiger partial charge >= 0.3 is 12.0 Å². The minimum absolute atomic E-state index is 0.0948. The van der Waals surface area contributed by atoms with E-state index in [-0.39, 0.29) is 37.6 Å². The van der Waals surface area contributed by atoms with E-state index >= 15 is 0 Å². The van der Waals surface area contributed by atoms with Gasteiger partial charge in [0, 0.05) is 12.2 Å². The van der Waals surface area contributed by atoms with E-state index in [1.165, 1.54) is 17.7 Å². The van der Waals surface area contributed by atoms with Crippen molar-refractivity contribution in [3.63, 3.8) is 0 Å². The van der Waals surface area contributed by atoms with Crippen molar-refractivity contribution in [3.8, 4) is 0 Å². The molecule has 0 aliphatic carbocycles. The maximum absolute atomic E-state index is 13.9. The van der Waals surface area contributed by atoms with E-state index in [1.54, 1.807) is 13.0 Å². The second-order valence-electron chi connectivity index (χ2n) is 6.95. The molecule has 2 aromatic rings. The summed E-state index contributed by atoms with van der Waals surface area (Å²) < 4.78 is 19.0. The number of hydrogen-bond donors (Lipinski definition) is 3. The predicted octanol–water partition coefficient (Wildman–Crippen LogP) is 3.20. The zero-order valence-electron chi connectivity index (χ0n) is 17.1. The molecule has 158 valence electrons. The summed E-state index contributed by atoms with van der Waals surface area (Å²) in [6.07, 6.45) is 0.924. The Morgan fingerprint density at radius 1 is 1.17 bits per heavy atom. The molecular formula is C23H26FN3O3. The number of urea groups is 1. The molecule has 6 nitrogen and oxygen atoms in total. The van der Waals surface area contributed by atoms with E-state index in [2.05, 4.69) is 22.9 Å². The molecule has 7 heteroatoms. The normalized spacial score (nSPS) is 14.7. The van der Waals surface area contributed by atoms with E-state index in [0.29, 0.717) is 11.3 Å². The maximum atomic E-state index is 13.9. The molecule has 0 bridgehead atoms. The number of carbonyl (C=O) groups excluding carboxylic acids is 2. The van der Waals surface area contributed by atoms with Gasteiger partial charge in [-0.3, -0.25) is 0 Å². The lowest BCUT2D eigenvalue weighted by Gasteiger charge is -2.25. The molecule has 3 N–H and O–H groups in total. The second kappa shape index (κ2) is 10.0. The Labute approximate surface area is 175 Å². The van der Waals surface area contributed by atoms with Crippen LogP contribution in [-0.2, 0) is 16.0 Å². The Kier molecular flexibility index (Phi) is 7.19. The summed E-state index contributed by atoms with van der Waals surface area (Å²) in [6, 6.07) is 13.8. The first-order valence-electron chi connectivity index (χ1n) is 10.0. The number of ether oxygens (including phenoxy) is 1. The number of rotatable bonds is 8. The molecule has 1 aliphatic heterocycles. The summed E-state index contributed by atoms with van der Waals surface area (Å²) in [5, 5.41) is 8.63. The Hall–Kier alpha value is -3.19. The fourth-order valence-electron chi connectivity index (χ4n) is 3.36. The summed E-state index contributed by atoms with van der Waals surface area (Å²) in [5.41, 5.74) is 3.72. The molecule has 0 fully saturated rings. The van der Waals surface area contributed by atoms with Crippen molar-refractivity contribution >= 4 is 12.0 Å². The number of nitrogens with one attached hydrogen (secondary N) is 3. The number of benzene rings is 2. The van der Waals surface area contributed by atoms with E-state index in [9.17, 15) is 14.0 Å². The zero-order valence-corrected chi connectivity index (χ0v) is 17.1. The van der Waals surface area contributed by atoms with E-state index < -0.39 is 5.97 Å². The number of halogens is 1. The topological polar surface area (TPSA) is 79.5 Å². The van der Waals surface area contributed by atoms with Gasteiger partial charge in [-0.15, -0.1) is 0 Å². The minimum Gasteiger partial charge on any atom is -0.463 e. The highest BCUT2D eigenvalue weighted by Crippen LogP contribution is 2.24. The van der Waals surface area contributed by atoms with Crippen LogP contribution in [0.1, 0.15) is 36.6 Å². The highest BCUT2D eigenvalue weighted by molar-refractivity contribution is 5.93.